The lowest BCUT2D eigenvalue weighted by molar-refractivity contribution is -0.123. The van der Waals surface area contributed by atoms with Gasteiger partial charge in [0.2, 0.25) is 5.91 Å². The summed E-state index contributed by atoms with van der Waals surface area (Å²) in [6, 6.07) is 12.6. The molecule has 2 N–H and O–H groups in total. The molecule has 5 heteroatoms. The van der Waals surface area contributed by atoms with Crippen LogP contribution in [0.5, 0.6) is 0 Å². The largest absolute Gasteiger partial charge is 0.394 e. The molecule has 2 aromatic carbocycles. The van der Waals surface area contributed by atoms with Crippen LogP contribution < -0.4 is 4.90 Å². The summed E-state index contributed by atoms with van der Waals surface area (Å²) in [5, 5.41) is 19.8. The summed E-state index contributed by atoms with van der Waals surface area (Å²) in [7, 11) is 0. The number of fused-ring (bicyclic) bond motifs is 1. The van der Waals surface area contributed by atoms with Gasteiger partial charge in [-0.15, -0.1) is 0 Å². The first kappa shape index (κ1) is 16.6. The highest BCUT2D eigenvalue weighted by atomic mass is 19.1. The molecule has 2 aromatic rings. The second-order valence-corrected chi connectivity index (χ2v) is 6.54. The molecule has 0 bridgehead atoms. The summed E-state index contributed by atoms with van der Waals surface area (Å²) in [6.45, 7) is 2.94. The third-order valence-corrected chi connectivity index (χ3v) is 4.63. The van der Waals surface area contributed by atoms with Crippen LogP contribution in [0.2, 0.25) is 0 Å². The van der Waals surface area contributed by atoms with Crippen molar-refractivity contribution in [2.24, 2.45) is 0 Å². The minimum absolute atomic E-state index is 0.175. The minimum Gasteiger partial charge on any atom is -0.394 e. The molecule has 0 unspecified atom stereocenters. The molecule has 1 aliphatic rings. The highest BCUT2D eigenvalue weighted by Gasteiger charge is 2.49. The van der Waals surface area contributed by atoms with E-state index in [9.17, 15) is 19.4 Å². The molecule has 4 nitrogen and oxygen atoms in total. The second kappa shape index (κ2) is 6.00. The maximum absolute atomic E-state index is 14.6. The van der Waals surface area contributed by atoms with Gasteiger partial charge >= 0.3 is 0 Å². The number of carbonyl (C=O) groups excluding carboxylic acids is 1. The molecular formula is C19H20FNO3. The number of amides is 1. The maximum atomic E-state index is 14.6. The SMILES string of the molecule is CC1(C)C(=O)N([C@@H](c2ccccc2)[C@H](O)CO)c2c(F)cccc21. The zero-order valence-electron chi connectivity index (χ0n) is 13.6. The van der Waals surface area contributed by atoms with Crippen LogP contribution in [0.3, 0.4) is 0 Å². The molecule has 0 saturated carbocycles. The van der Waals surface area contributed by atoms with Crippen molar-refractivity contribution in [1.82, 2.24) is 0 Å². The third-order valence-electron chi connectivity index (χ3n) is 4.63. The molecule has 1 heterocycles. The van der Waals surface area contributed by atoms with E-state index in [0.29, 0.717) is 11.1 Å². The number of benzene rings is 2. The van der Waals surface area contributed by atoms with Gasteiger partial charge in [0.25, 0.3) is 0 Å². The molecular weight excluding hydrogens is 309 g/mol. The van der Waals surface area contributed by atoms with Gasteiger partial charge in [-0.2, -0.15) is 0 Å². The van der Waals surface area contributed by atoms with Crippen molar-refractivity contribution in [2.75, 3.05) is 11.5 Å². The van der Waals surface area contributed by atoms with Crippen molar-refractivity contribution in [3.05, 3.63) is 65.5 Å². The standard InChI is InChI=1S/C19H20FNO3/c1-19(2)13-9-6-10-14(20)17(13)21(18(19)24)16(15(23)11-22)12-7-4-3-5-8-12/h3-10,15-16,22-23H,11H2,1-2H3/t15-,16+/m1/s1. The van der Waals surface area contributed by atoms with Crippen LogP contribution >= 0.6 is 0 Å². The lowest BCUT2D eigenvalue weighted by Gasteiger charge is -2.33. The fraction of sp³-hybridized carbons (Fsp3) is 0.316. The molecule has 24 heavy (non-hydrogen) atoms. The fourth-order valence-corrected chi connectivity index (χ4v) is 3.34. The van der Waals surface area contributed by atoms with E-state index in [0.717, 1.165) is 0 Å². The van der Waals surface area contributed by atoms with Crippen LogP contribution in [-0.2, 0) is 10.2 Å². The molecule has 0 fully saturated rings. The third kappa shape index (κ3) is 2.41. The summed E-state index contributed by atoms with van der Waals surface area (Å²) in [5.41, 5.74) is 0.492. The average molecular weight is 329 g/mol. The number of nitrogens with zero attached hydrogens (tertiary/aromatic N) is 1. The van der Waals surface area contributed by atoms with Gasteiger partial charge in [0.1, 0.15) is 11.9 Å². The maximum Gasteiger partial charge on any atom is 0.237 e. The van der Waals surface area contributed by atoms with Gasteiger partial charge in [0, 0.05) is 0 Å². The zero-order chi connectivity index (χ0) is 17.5. The van der Waals surface area contributed by atoms with Crippen molar-refractivity contribution < 1.29 is 19.4 Å². The zero-order valence-corrected chi connectivity index (χ0v) is 13.6. The Morgan fingerprint density at radius 3 is 2.42 bits per heavy atom. The summed E-state index contributed by atoms with van der Waals surface area (Å²) in [4.78, 5) is 14.3. The summed E-state index contributed by atoms with van der Waals surface area (Å²) in [5.74, 6) is -0.818. The first-order chi connectivity index (χ1) is 11.4. The predicted octanol–water partition coefficient (Wildman–Crippen LogP) is 2.54. The Balaban J connectivity index is 2.21. The highest BCUT2D eigenvalue weighted by Crippen LogP contribution is 2.47. The van der Waals surface area contributed by atoms with E-state index in [1.165, 1.54) is 11.0 Å². The van der Waals surface area contributed by atoms with Crippen LogP contribution in [0.15, 0.2) is 48.5 Å². The Labute approximate surface area is 140 Å². The molecule has 0 spiro atoms. The quantitative estimate of drug-likeness (QED) is 0.906. The number of anilines is 1. The fourth-order valence-electron chi connectivity index (χ4n) is 3.34. The molecule has 0 saturated heterocycles. The molecule has 126 valence electrons. The van der Waals surface area contributed by atoms with E-state index in [1.54, 1.807) is 50.2 Å². The van der Waals surface area contributed by atoms with Crippen LogP contribution in [-0.4, -0.2) is 28.8 Å². The van der Waals surface area contributed by atoms with Crippen LogP contribution in [0.1, 0.15) is 31.0 Å². The first-order valence-corrected chi connectivity index (χ1v) is 7.86. The van der Waals surface area contributed by atoms with Crippen molar-refractivity contribution in [3.63, 3.8) is 0 Å². The van der Waals surface area contributed by atoms with E-state index in [-0.39, 0.29) is 11.6 Å². The van der Waals surface area contributed by atoms with E-state index in [1.807, 2.05) is 6.07 Å². The number of hydrogen-bond donors (Lipinski definition) is 2. The second-order valence-electron chi connectivity index (χ2n) is 6.54. The summed E-state index contributed by atoms with van der Waals surface area (Å²) >= 11 is 0. The van der Waals surface area contributed by atoms with Crippen molar-refractivity contribution >= 4 is 11.6 Å². The molecule has 0 radical (unpaired) electrons. The average Bonchev–Trinajstić information content (AvgIpc) is 2.78. The van der Waals surface area contributed by atoms with Gasteiger partial charge in [0.05, 0.1) is 23.8 Å². The number of aliphatic hydroxyl groups excluding tert-OH is 2. The molecule has 1 amide bonds. The van der Waals surface area contributed by atoms with E-state index in [2.05, 4.69) is 0 Å². The lowest BCUT2D eigenvalue weighted by atomic mass is 9.86. The van der Waals surface area contributed by atoms with E-state index < -0.39 is 30.0 Å². The Hall–Kier alpha value is -2.24. The highest BCUT2D eigenvalue weighted by molar-refractivity contribution is 6.08. The number of para-hydroxylation sites is 1. The van der Waals surface area contributed by atoms with Crippen LogP contribution in [0.4, 0.5) is 10.1 Å². The lowest BCUT2D eigenvalue weighted by Crippen LogP contribution is -2.44. The van der Waals surface area contributed by atoms with Gasteiger partial charge < -0.3 is 10.2 Å². The topological polar surface area (TPSA) is 60.8 Å². The Morgan fingerprint density at radius 1 is 1.12 bits per heavy atom. The van der Waals surface area contributed by atoms with Crippen LogP contribution in [0.25, 0.3) is 0 Å². The normalized spacial score (nSPS) is 18.4. The molecule has 3 rings (SSSR count). The van der Waals surface area contributed by atoms with Gasteiger partial charge in [-0.25, -0.2) is 4.39 Å². The van der Waals surface area contributed by atoms with Crippen LogP contribution in [0, 0.1) is 5.82 Å². The number of aliphatic hydroxyl groups is 2. The Kier molecular flexibility index (Phi) is 4.15. The van der Waals surface area contributed by atoms with Gasteiger partial charge in [-0.3, -0.25) is 9.69 Å². The van der Waals surface area contributed by atoms with Gasteiger partial charge in [0.15, 0.2) is 0 Å². The van der Waals surface area contributed by atoms with E-state index in [4.69, 9.17) is 0 Å². The Bertz CT molecular complexity index is 760. The first-order valence-electron chi connectivity index (χ1n) is 7.86. The van der Waals surface area contributed by atoms with Crippen molar-refractivity contribution in [3.8, 4) is 0 Å². The monoisotopic (exact) mass is 329 g/mol. The number of halogens is 1. The van der Waals surface area contributed by atoms with Crippen molar-refractivity contribution in [1.29, 1.82) is 0 Å². The number of hydrogen-bond acceptors (Lipinski definition) is 3. The summed E-state index contributed by atoms with van der Waals surface area (Å²) in [6.07, 6.45) is -1.22. The minimum atomic E-state index is -1.22. The molecule has 0 aliphatic carbocycles. The smallest absolute Gasteiger partial charge is 0.237 e. The van der Waals surface area contributed by atoms with E-state index >= 15 is 0 Å². The predicted molar refractivity (Wildman–Crippen MR) is 89.2 cm³/mol. The van der Waals surface area contributed by atoms with Crippen molar-refractivity contribution in [2.45, 2.75) is 31.4 Å². The van der Waals surface area contributed by atoms with Gasteiger partial charge in [-0.05, 0) is 31.0 Å². The van der Waals surface area contributed by atoms with Gasteiger partial charge in [-0.1, -0.05) is 42.5 Å². The molecule has 0 aromatic heterocycles. The molecule has 1 aliphatic heterocycles. The molecule has 2 atom stereocenters. The Morgan fingerprint density at radius 2 is 1.79 bits per heavy atom. The number of carbonyl (C=O) groups is 1. The summed E-state index contributed by atoms with van der Waals surface area (Å²) < 4.78 is 14.6. The number of rotatable bonds is 4.